The topological polar surface area (TPSA) is 55.6 Å². The Morgan fingerprint density at radius 1 is 1.69 bits per heavy atom. The zero-order valence-electron chi connectivity index (χ0n) is 9.47. The van der Waals surface area contributed by atoms with Crippen LogP contribution in [0.25, 0.3) is 0 Å². The SMILES string of the molecule is CC1OCCC1N(C)C(=O)c1sccc1N. The van der Waals surface area contributed by atoms with Gasteiger partial charge in [0.2, 0.25) is 0 Å². The molecule has 2 unspecified atom stereocenters. The summed E-state index contributed by atoms with van der Waals surface area (Å²) in [6.45, 7) is 2.72. The summed E-state index contributed by atoms with van der Waals surface area (Å²) >= 11 is 1.39. The Kier molecular flexibility index (Phi) is 3.16. The minimum atomic E-state index is -0.00477. The smallest absolute Gasteiger partial charge is 0.266 e. The van der Waals surface area contributed by atoms with Crippen LogP contribution in [0.1, 0.15) is 23.0 Å². The molecule has 1 amide bonds. The predicted molar refractivity (Wildman–Crippen MR) is 64.6 cm³/mol. The van der Waals surface area contributed by atoms with Crippen molar-refractivity contribution in [3.63, 3.8) is 0 Å². The lowest BCUT2D eigenvalue weighted by molar-refractivity contribution is 0.0579. The summed E-state index contributed by atoms with van der Waals surface area (Å²) in [6.07, 6.45) is 1.00. The molecular formula is C11H16N2O2S. The van der Waals surface area contributed by atoms with Crippen LogP contribution in [0.5, 0.6) is 0 Å². The molecule has 2 heterocycles. The summed E-state index contributed by atoms with van der Waals surface area (Å²) in [5, 5.41) is 1.84. The van der Waals surface area contributed by atoms with Crippen LogP contribution in [0.4, 0.5) is 5.69 Å². The van der Waals surface area contributed by atoms with Crippen LogP contribution in [0, 0.1) is 0 Å². The van der Waals surface area contributed by atoms with Gasteiger partial charge >= 0.3 is 0 Å². The van der Waals surface area contributed by atoms with Gasteiger partial charge in [-0.15, -0.1) is 11.3 Å². The van der Waals surface area contributed by atoms with Crippen molar-refractivity contribution in [1.29, 1.82) is 0 Å². The number of nitrogen functional groups attached to an aromatic ring is 1. The molecule has 0 radical (unpaired) electrons. The fourth-order valence-corrected chi connectivity index (χ4v) is 2.83. The van der Waals surface area contributed by atoms with Crippen molar-refractivity contribution in [2.24, 2.45) is 0 Å². The van der Waals surface area contributed by atoms with Gasteiger partial charge in [0.15, 0.2) is 0 Å². The Balaban J connectivity index is 2.13. The molecule has 1 aromatic heterocycles. The summed E-state index contributed by atoms with van der Waals surface area (Å²) in [5.41, 5.74) is 6.31. The third kappa shape index (κ3) is 1.92. The summed E-state index contributed by atoms with van der Waals surface area (Å²) in [4.78, 5) is 14.5. The van der Waals surface area contributed by atoms with Gasteiger partial charge in [-0.2, -0.15) is 0 Å². The fraction of sp³-hybridized carbons (Fsp3) is 0.545. The first-order valence-electron chi connectivity index (χ1n) is 5.33. The molecule has 1 aromatic rings. The molecule has 0 bridgehead atoms. The van der Waals surface area contributed by atoms with E-state index in [1.165, 1.54) is 11.3 Å². The van der Waals surface area contributed by atoms with Crippen molar-refractivity contribution in [2.45, 2.75) is 25.5 Å². The van der Waals surface area contributed by atoms with Crippen molar-refractivity contribution >= 4 is 22.9 Å². The number of anilines is 1. The van der Waals surface area contributed by atoms with Gasteiger partial charge in [-0.3, -0.25) is 4.79 Å². The number of nitrogens with two attached hydrogens (primary N) is 1. The first-order chi connectivity index (χ1) is 7.61. The molecule has 16 heavy (non-hydrogen) atoms. The lowest BCUT2D eigenvalue weighted by Gasteiger charge is -2.26. The molecule has 2 N–H and O–H groups in total. The summed E-state index contributed by atoms with van der Waals surface area (Å²) in [5.74, 6) is -0.00477. The number of carbonyl (C=O) groups excluding carboxylic acids is 1. The Bertz CT molecular complexity index is 391. The van der Waals surface area contributed by atoms with Gasteiger partial charge in [0.05, 0.1) is 17.8 Å². The maximum Gasteiger partial charge on any atom is 0.266 e. The first kappa shape index (κ1) is 11.4. The molecule has 1 saturated heterocycles. The van der Waals surface area contributed by atoms with Crippen LogP contribution < -0.4 is 5.73 Å². The van der Waals surface area contributed by atoms with E-state index in [4.69, 9.17) is 10.5 Å². The monoisotopic (exact) mass is 240 g/mol. The molecule has 1 fully saturated rings. The Morgan fingerprint density at radius 2 is 2.44 bits per heavy atom. The van der Waals surface area contributed by atoms with Crippen LogP contribution in [0.3, 0.4) is 0 Å². The second-order valence-electron chi connectivity index (χ2n) is 4.05. The van der Waals surface area contributed by atoms with E-state index in [1.807, 2.05) is 19.4 Å². The molecule has 0 saturated carbocycles. The fourth-order valence-electron chi connectivity index (χ4n) is 2.03. The summed E-state index contributed by atoms with van der Waals surface area (Å²) in [7, 11) is 1.82. The molecule has 0 spiro atoms. The zero-order valence-corrected chi connectivity index (χ0v) is 10.3. The average Bonchev–Trinajstić information content (AvgIpc) is 2.85. The molecule has 2 atom stereocenters. The van der Waals surface area contributed by atoms with Crippen LogP contribution in [-0.4, -0.2) is 36.6 Å². The highest BCUT2D eigenvalue weighted by atomic mass is 32.1. The van der Waals surface area contributed by atoms with Gasteiger partial charge in [-0.1, -0.05) is 0 Å². The Labute approximate surface area is 99.0 Å². The van der Waals surface area contributed by atoms with E-state index >= 15 is 0 Å². The number of nitrogens with zero attached hydrogens (tertiary/aromatic N) is 1. The van der Waals surface area contributed by atoms with Crippen LogP contribution in [0.2, 0.25) is 0 Å². The quantitative estimate of drug-likeness (QED) is 0.854. The van der Waals surface area contributed by atoms with Gasteiger partial charge < -0.3 is 15.4 Å². The highest BCUT2D eigenvalue weighted by Gasteiger charge is 2.31. The highest BCUT2D eigenvalue weighted by Crippen LogP contribution is 2.24. The number of hydrogen-bond donors (Lipinski definition) is 1. The lowest BCUT2D eigenvalue weighted by atomic mass is 10.1. The van der Waals surface area contributed by atoms with Crippen LogP contribution in [0.15, 0.2) is 11.4 Å². The third-order valence-electron chi connectivity index (χ3n) is 3.04. The number of carbonyl (C=O) groups is 1. The molecule has 4 nitrogen and oxygen atoms in total. The number of hydrogen-bond acceptors (Lipinski definition) is 4. The highest BCUT2D eigenvalue weighted by molar-refractivity contribution is 7.12. The van der Waals surface area contributed by atoms with E-state index in [0.29, 0.717) is 10.6 Å². The predicted octanol–water partition coefficient (Wildman–Crippen LogP) is 1.58. The van der Waals surface area contributed by atoms with E-state index in [-0.39, 0.29) is 18.1 Å². The molecule has 0 aliphatic carbocycles. The molecule has 1 aliphatic rings. The number of thiophene rings is 1. The van der Waals surface area contributed by atoms with E-state index in [1.54, 1.807) is 11.0 Å². The van der Waals surface area contributed by atoms with Crippen LogP contribution >= 0.6 is 11.3 Å². The maximum absolute atomic E-state index is 12.2. The van der Waals surface area contributed by atoms with Crippen molar-refractivity contribution < 1.29 is 9.53 Å². The van der Waals surface area contributed by atoms with Crippen molar-refractivity contribution in [2.75, 3.05) is 19.4 Å². The number of ether oxygens (including phenoxy) is 1. The number of amides is 1. The van der Waals surface area contributed by atoms with Gasteiger partial charge in [0, 0.05) is 13.7 Å². The molecule has 0 aromatic carbocycles. The zero-order chi connectivity index (χ0) is 11.7. The Hall–Kier alpha value is -1.07. The first-order valence-corrected chi connectivity index (χ1v) is 6.21. The van der Waals surface area contributed by atoms with Gasteiger partial charge in [-0.05, 0) is 24.8 Å². The number of rotatable bonds is 2. The molecule has 5 heteroatoms. The minimum Gasteiger partial charge on any atom is -0.397 e. The van der Waals surface area contributed by atoms with Gasteiger partial charge in [0.25, 0.3) is 5.91 Å². The third-order valence-corrected chi connectivity index (χ3v) is 3.96. The minimum absolute atomic E-state index is 0.00477. The van der Waals surface area contributed by atoms with Crippen LogP contribution in [-0.2, 0) is 4.74 Å². The number of likely N-dealkylation sites (N-methyl/N-ethyl adjacent to an activating group) is 1. The van der Waals surface area contributed by atoms with E-state index < -0.39 is 0 Å². The van der Waals surface area contributed by atoms with Crippen molar-refractivity contribution in [1.82, 2.24) is 4.90 Å². The summed E-state index contributed by atoms with van der Waals surface area (Å²) < 4.78 is 5.46. The molecule has 88 valence electrons. The molecule has 2 rings (SSSR count). The van der Waals surface area contributed by atoms with E-state index in [9.17, 15) is 4.79 Å². The second-order valence-corrected chi connectivity index (χ2v) is 4.97. The summed E-state index contributed by atoms with van der Waals surface area (Å²) in [6, 6.07) is 1.93. The van der Waals surface area contributed by atoms with Gasteiger partial charge in [0.1, 0.15) is 4.88 Å². The molecule has 1 aliphatic heterocycles. The van der Waals surface area contributed by atoms with Gasteiger partial charge in [-0.25, -0.2) is 0 Å². The average molecular weight is 240 g/mol. The standard InChI is InChI=1S/C11H16N2O2S/c1-7-9(3-5-15-7)13(2)11(14)10-8(12)4-6-16-10/h4,6-7,9H,3,5,12H2,1-2H3. The second kappa shape index (κ2) is 4.43. The van der Waals surface area contributed by atoms with Crippen molar-refractivity contribution in [3.8, 4) is 0 Å². The lowest BCUT2D eigenvalue weighted by Crippen LogP contribution is -2.40. The van der Waals surface area contributed by atoms with E-state index in [2.05, 4.69) is 0 Å². The molecular weight excluding hydrogens is 224 g/mol. The maximum atomic E-state index is 12.2. The van der Waals surface area contributed by atoms with E-state index in [0.717, 1.165) is 13.0 Å². The Morgan fingerprint density at radius 3 is 2.94 bits per heavy atom. The normalized spacial score (nSPS) is 24.6. The largest absolute Gasteiger partial charge is 0.397 e. The van der Waals surface area contributed by atoms with Crippen molar-refractivity contribution in [3.05, 3.63) is 16.3 Å².